The SMILES string of the molecule is COc1cc(C(C)(F)F)cc(C2(N=C=O)CCCC2)c1OC. The van der Waals surface area contributed by atoms with Gasteiger partial charge in [0.25, 0.3) is 5.92 Å². The summed E-state index contributed by atoms with van der Waals surface area (Å²) in [5.41, 5.74) is -0.582. The number of alkyl halides is 2. The molecule has 0 bridgehead atoms. The van der Waals surface area contributed by atoms with Crippen LogP contribution in [0.4, 0.5) is 8.78 Å². The van der Waals surface area contributed by atoms with E-state index in [1.54, 1.807) is 6.08 Å². The highest BCUT2D eigenvalue weighted by Gasteiger charge is 2.41. The summed E-state index contributed by atoms with van der Waals surface area (Å²) in [6.45, 7) is 0.822. The molecule has 0 aliphatic heterocycles. The van der Waals surface area contributed by atoms with Gasteiger partial charge in [-0.25, -0.2) is 13.6 Å². The molecule has 1 aliphatic carbocycles. The Morgan fingerprint density at radius 1 is 1.23 bits per heavy atom. The average molecular weight is 311 g/mol. The van der Waals surface area contributed by atoms with Crippen LogP contribution in [0.1, 0.15) is 43.7 Å². The minimum Gasteiger partial charge on any atom is -0.493 e. The molecular formula is C16H19F2NO3. The zero-order valence-electron chi connectivity index (χ0n) is 12.9. The van der Waals surface area contributed by atoms with Gasteiger partial charge in [-0.3, -0.25) is 0 Å². The lowest BCUT2D eigenvalue weighted by Crippen LogP contribution is -2.22. The fraction of sp³-hybridized carbons (Fsp3) is 0.562. The Labute approximate surface area is 128 Å². The number of rotatable bonds is 5. The molecule has 6 heteroatoms. The van der Waals surface area contributed by atoms with Gasteiger partial charge in [0.15, 0.2) is 11.5 Å². The van der Waals surface area contributed by atoms with Crippen molar-refractivity contribution in [3.8, 4) is 11.5 Å². The molecule has 1 saturated carbocycles. The third-order valence-corrected chi connectivity index (χ3v) is 4.18. The van der Waals surface area contributed by atoms with E-state index in [4.69, 9.17) is 9.47 Å². The number of carbonyl (C=O) groups excluding carboxylic acids is 1. The molecule has 0 aromatic heterocycles. The molecule has 0 N–H and O–H groups in total. The van der Waals surface area contributed by atoms with Crippen molar-refractivity contribution < 1.29 is 23.0 Å². The van der Waals surface area contributed by atoms with E-state index in [2.05, 4.69) is 4.99 Å². The molecule has 1 aliphatic rings. The van der Waals surface area contributed by atoms with Crippen LogP contribution in [0.5, 0.6) is 11.5 Å². The highest BCUT2D eigenvalue weighted by atomic mass is 19.3. The first-order chi connectivity index (χ1) is 10.4. The van der Waals surface area contributed by atoms with Crippen molar-refractivity contribution in [1.82, 2.24) is 0 Å². The van der Waals surface area contributed by atoms with Crippen molar-refractivity contribution in [2.45, 2.75) is 44.1 Å². The molecule has 1 fully saturated rings. The van der Waals surface area contributed by atoms with E-state index in [9.17, 15) is 13.6 Å². The van der Waals surface area contributed by atoms with E-state index < -0.39 is 11.5 Å². The maximum absolute atomic E-state index is 13.8. The highest BCUT2D eigenvalue weighted by Crippen LogP contribution is 2.50. The topological polar surface area (TPSA) is 47.9 Å². The number of methoxy groups -OCH3 is 2. The van der Waals surface area contributed by atoms with Gasteiger partial charge in [0.2, 0.25) is 6.08 Å². The van der Waals surface area contributed by atoms with Crippen molar-refractivity contribution in [2.24, 2.45) is 4.99 Å². The number of nitrogens with zero attached hydrogens (tertiary/aromatic N) is 1. The lowest BCUT2D eigenvalue weighted by atomic mass is 9.86. The Morgan fingerprint density at radius 2 is 1.86 bits per heavy atom. The van der Waals surface area contributed by atoms with Gasteiger partial charge in [-0.2, -0.15) is 4.99 Å². The smallest absolute Gasteiger partial charge is 0.270 e. The largest absolute Gasteiger partial charge is 0.493 e. The second-order valence-corrected chi connectivity index (χ2v) is 5.59. The van der Waals surface area contributed by atoms with Crippen LogP contribution in [-0.2, 0) is 16.3 Å². The molecule has 0 amide bonds. The zero-order chi connectivity index (χ0) is 16.4. The molecule has 0 radical (unpaired) electrons. The third kappa shape index (κ3) is 2.83. The summed E-state index contributed by atoms with van der Waals surface area (Å²) < 4.78 is 38.1. The van der Waals surface area contributed by atoms with Gasteiger partial charge in [0, 0.05) is 18.1 Å². The molecule has 2 rings (SSSR count). The van der Waals surface area contributed by atoms with Crippen molar-refractivity contribution in [3.63, 3.8) is 0 Å². The molecule has 0 saturated heterocycles. The number of benzene rings is 1. The number of aliphatic imine (C=N–C) groups is 1. The second-order valence-electron chi connectivity index (χ2n) is 5.59. The Hall–Kier alpha value is -1.94. The van der Waals surface area contributed by atoms with Crippen LogP contribution in [-0.4, -0.2) is 20.3 Å². The molecule has 0 spiro atoms. The molecule has 120 valence electrons. The molecule has 0 unspecified atom stereocenters. The van der Waals surface area contributed by atoms with Crippen LogP contribution in [0.2, 0.25) is 0 Å². The third-order valence-electron chi connectivity index (χ3n) is 4.18. The first-order valence-electron chi connectivity index (χ1n) is 7.12. The number of ether oxygens (including phenoxy) is 2. The monoisotopic (exact) mass is 311 g/mol. The highest BCUT2D eigenvalue weighted by molar-refractivity contribution is 5.55. The van der Waals surface area contributed by atoms with Crippen molar-refractivity contribution >= 4 is 6.08 Å². The summed E-state index contributed by atoms with van der Waals surface area (Å²) in [4.78, 5) is 14.8. The fourth-order valence-corrected chi connectivity index (χ4v) is 3.05. The summed E-state index contributed by atoms with van der Waals surface area (Å²) in [5.74, 6) is -2.47. The van der Waals surface area contributed by atoms with Crippen molar-refractivity contribution in [2.75, 3.05) is 14.2 Å². The minimum absolute atomic E-state index is 0.187. The number of hydrogen-bond acceptors (Lipinski definition) is 4. The van der Waals surface area contributed by atoms with Crippen molar-refractivity contribution in [1.29, 1.82) is 0 Å². The fourth-order valence-electron chi connectivity index (χ4n) is 3.05. The van der Waals surface area contributed by atoms with E-state index in [0.717, 1.165) is 19.8 Å². The Morgan fingerprint density at radius 3 is 2.32 bits per heavy atom. The van der Waals surface area contributed by atoms with Gasteiger partial charge in [-0.05, 0) is 25.0 Å². The molecule has 0 atom stereocenters. The first kappa shape index (κ1) is 16.4. The van der Waals surface area contributed by atoms with E-state index in [-0.39, 0.29) is 11.3 Å². The average Bonchev–Trinajstić information content (AvgIpc) is 2.94. The van der Waals surface area contributed by atoms with Gasteiger partial charge in [0.1, 0.15) is 5.54 Å². The van der Waals surface area contributed by atoms with Gasteiger partial charge >= 0.3 is 0 Å². The maximum Gasteiger partial charge on any atom is 0.270 e. The van der Waals surface area contributed by atoms with Crippen molar-refractivity contribution in [3.05, 3.63) is 23.3 Å². The summed E-state index contributed by atoms with van der Waals surface area (Å²) in [5, 5.41) is 0. The minimum atomic E-state index is -3.03. The summed E-state index contributed by atoms with van der Waals surface area (Å²) >= 11 is 0. The van der Waals surface area contributed by atoms with E-state index >= 15 is 0 Å². The number of hydrogen-bond donors (Lipinski definition) is 0. The van der Waals surface area contributed by atoms with Gasteiger partial charge in [-0.15, -0.1) is 0 Å². The van der Waals surface area contributed by atoms with E-state index in [0.29, 0.717) is 24.2 Å². The Bertz CT molecular complexity index is 598. The van der Waals surface area contributed by atoms with Gasteiger partial charge in [-0.1, -0.05) is 12.8 Å². The van der Waals surface area contributed by atoms with Crippen LogP contribution in [0.15, 0.2) is 17.1 Å². The van der Waals surface area contributed by atoms with Crippen LogP contribution in [0.25, 0.3) is 0 Å². The van der Waals surface area contributed by atoms with Gasteiger partial charge < -0.3 is 9.47 Å². The lowest BCUT2D eigenvalue weighted by Gasteiger charge is -2.27. The molecule has 4 nitrogen and oxygen atoms in total. The van der Waals surface area contributed by atoms with Gasteiger partial charge in [0.05, 0.1) is 14.2 Å². The normalized spacial score (nSPS) is 17.0. The predicted octanol–water partition coefficient (Wildman–Crippen LogP) is 3.92. The lowest BCUT2D eigenvalue weighted by molar-refractivity contribution is 0.0170. The Balaban J connectivity index is 2.74. The number of halogens is 2. The van der Waals surface area contributed by atoms with E-state index in [1.165, 1.54) is 26.4 Å². The molecule has 22 heavy (non-hydrogen) atoms. The van der Waals surface area contributed by atoms with Crippen LogP contribution in [0.3, 0.4) is 0 Å². The molecule has 0 heterocycles. The number of isocyanates is 1. The van der Waals surface area contributed by atoms with Crippen LogP contribution >= 0.6 is 0 Å². The molecule has 1 aromatic rings. The quantitative estimate of drug-likeness (QED) is 0.611. The zero-order valence-corrected chi connectivity index (χ0v) is 12.9. The van der Waals surface area contributed by atoms with Crippen LogP contribution in [0, 0.1) is 0 Å². The second kappa shape index (κ2) is 6.05. The standard InChI is InChI=1S/C16H19F2NO3/c1-15(17,18)11-8-12(14(22-3)13(9-11)21-2)16(19-10-20)6-4-5-7-16/h8-9H,4-7H2,1-3H3. The van der Waals surface area contributed by atoms with Crippen LogP contribution < -0.4 is 9.47 Å². The summed E-state index contributed by atoms with van der Waals surface area (Å²) in [6, 6.07) is 2.63. The maximum atomic E-state index is 13.8. The molecule has 1 aromatic carbocycles. The van der Waals surface area contributed by atoms with E-state index in [1.807, 2.05) is 0 Å². The molecular weight excluding hydrogens is 292 g/mol. The first-order valence-corrected chi connectivity index (χ1v) is 7.12. The summed E-state index contributed by atoms with van der Waals surface area (Å²) in [7, 11) is 2.84. The predicted molar refractivity (Wildman–Crippen MR) is 77.4 cm³/mol. The Kier molecular flexibility index (Phi) is 4.52. The summed E-state index contributed by atoms with van der Waals surface area (Å²) in [6.07, 6.45) is 4.51.